The summed E-state index contributed by atoms with van der Waals surface area (Å²) < 4.78 is 0. The summed E-state index contributed by atoms with van der Waals surface area (Å²) in [6.07, 6.45) is 0. The molecule has 6 heteroatoms. The predicted octanol–water partition coefficient (Wildman–Crippen LogP) is -0.319. The fourth-order valence-electron chi connectivity index (χ4n) is 1.96. The molecule has 2 heterocycles. The van der Waals surface area contributed by atoms with Gasteiger partial charge in [-0.1, -0.05) is 0 Å². The van der Waals surface area contributed by atoms with Crippen molar-refractivity contribution in [1.29, 1.82) is 0 Å². The number of nitrogen functional groups attached to an aromatic ring is 1. The van der Waals surface area contributed by atoms with Gasteiger partial charge in [0.1, 0.15) is 5.82 Å². The number of aromatic nitrogens is 3. The van der Waals surface area contributed by atoms with Crippen LogP contribution in [0.25, 0.3) is 0 Å². The van der Waals surface area contributed by atoms with Crippen molar-refractivity contribution in [3.63, 3.8) is 0 Å². The molecule has 0 amide bonds. The summed E-state index contributed by atoms with van der Waals surface area (Å²) >= 11 is 0. The minimum Gasteiger partial charge on any atom is -0.368 e. The Hall–Kier alpha value is -1.27. The van der Waals surface area contributed by atoms with Crippen LogP contribution in [0.5, 0.6) is 0 Å². The first-order valence-electron chi connectivity index (χ1n) is 5.43. The van der Waals surface area contributed by atoms with E-state index in [1.54, 1.807) is 0 Å². The molecular weight excluding hydrogens is 204 g/mol. The highest BCUT2D eigenvalue weighted by molar-refractivity contribution is 5.17. The van der Waals surface area contributed by atoms with Gasteiger partial charge in [-0.25, -0.2) is 4.98 Å². The third-order valence-electron chi connectivity index (χ3n) is 2.93. The summed E-state index contributed by atoms with van der Waals surface area (Å²) in [4.78, 5) is 17.1. The number of nitrogens with two attached hydrogens (primary N) is 1. The zero-order valence-electron chi connectivity index (χ0n) is 10.0. The number of rotatable bonds is 1. The highest BCUT2D eigenvalue weighted by Gasteiger charge is 2.26. The fraction of sp³-hybridized carbons (Fsp3) is 0.700. The Morgan fingerprint density at radius 1 is 1.19 bits per heavy atom. The zero-order chi connectivity index (χ0) is 11.7. The maximum atomic E-state index is 5.65. The quantitative estimate of drug-likeness (QED) is 0.702. The first-order valence-corrected chi connectivity index (χ1v) is 5.43. The lowest BCUT2D eigenvalue weighted by Crippen LogP contribution is -2.45. The van der Waals surface area contributed by atoms with E-state index < -0.39 is 0 Å². The molecule has 2 N–H and O–H groups in total. The van der Waals surface area contributed by atoms with E-state index in [1.807, 2.05) is 6.92 Å². The van der Waals surface area contributed by atoms with Gasteiger partial charge in [0.05, 0.1) is 6.04 Å². The third-order valence-corrected chi connectivity index (χ3v) is 2.93. The van der Waals surface area contributed by atoms with Gasteiger partial charge < -0.3 is 10.6 Å². The van der Waals surface area contributed by atoms with Gasteiger partial charge in [0.2, 0.25) is 5.95 Å². The second-order valence-electron chi connectivity index (χ2n) is 4.36. The van der Waals surface area contributed by atoms with Crippen LogP contribution in [0.3, 0.4) is 0 Å². The van der Waals surface area contributed by atoms with Crippen LogP contribution >= 0.6 is 0 Å². The molecule has 1 unspecified atom stereocenters. The van der Waals surface area contributed by atoms with Gasteiger partial charge in [0, 0.05) is 19.6 Å². The van der Waals surface area contributed by atoms with Gasteiger partial charge >= 0.3 is 0 Å². The van der Waals surface area contributed by atoms with Crippen LogP contribution in [0.4, 0.5) is 5.95 Å². The Bertz CT molecular complexity index is 359. The summed E-state index contributed by atoms with van der Waals surface area (Å²) in [6.45, 7) is 4.87. The van der Waals surface area contributed by atoms with Gasteiger partial charge in [-0.15, -0.1) is 0 Å². The Morgan fingerprint density at radius 3 is 2.62 bits per heavy atom. The normalized spacial score (nSPS) is 23.6. The number of aryl methyl sites for hydroxylation is 1. The van der Waals surface area contributed by atoms with Crippen molar-refractivity contribution in [2.75, 3.05) is 39.5 Å². The molecule has 0 aliphatic carbocycles. The Labute approximate surface area is 95.5 Å². The zero-order valence-corrected chi connectivity index (χ0v) is 10.0. The molecule has 2 rings (SSSR count). The van der Waals surface area contributed by atoms with Crippen molar-refractivity contribution in [2.45, 2.75) is 13.0 Å². The van der Waals surface area contributed by atoms with Crippen LogP contribution in [0, 0.1) is 6.92 Å². The standard InChI is InChI=1S/C10H18N6/c1-7-12-9(14-10(11)13-7)8-6-15(2)4-5-16(8)3/h8H,4-6H2,1-3H3,(H2,11,12,13,14). The van der Waals surface area contributed by atoms with E-state index in [2.05, 4.69) is 38.8 Å². The van der Waals surface area contributed by atoms with Crippen LogP contribution in [0.2, 0.25) is 0 Å². The molecule has 6 nitrogen and oxygen atoms in total. The number of anilines is 1. The maximum Gasteiger partial charge on any atom is 0.223 e. The summed E-state index contributed by atoms with van der Waals surface area (Å²) in [7, 11) is 4.20. The molecule has 16 heavy (non-hydrogen) atoms. The Morgan fingerprint density at radius 2 is 1.94 bits per heavy atom. The van der Waals surface area contributed by atoms with Crippen molar-refractivity contribution < 1.29 is 0 Å². The molecule has 0 spiro atoms. The molecule has 0 bridgehead atoms. The van der Waals surface area contributed by atoms with Crippen LogP contribution in [0.15, 0.2) is 0 Å². The molecule has 0 saturated carbocycles. The average molecular weight is 222 g/mol. The smallest absolute Gasteiger partial charge is 0.223 e. The maximum absolute atomic E-state index is 5.65. The number of piperazine rings is 1. The molecular formula is C10H18N6. The second-order valence-corrected chi connectivity index (χ2v) is 4.36. The molecule has 1 aromatic heterocycles. The summed E-state index contributed by atoms with van der Waals surface area (Å²) in [5, 5.41) is 0. The van der Waals surface area contributed by atoms with Crippen LogP contribution < -0.4 is 5.73 Å². The van der Waals surface area contributed by atoms with E-state index in [9.17, 15) is 0 Å². The molecule has 1 aromatic rings. The summed E-state index contributed by atoms with van der Waals surface area (Å²) in [5.41, 5.74) is 5.65. The van der Waals surface area contributed by atoms with E-state index in [0.717, 1.165) is 25.5 Å². The minimum atomic E-state index is 0.211. The molecule has 0 aromatic carbocycles. The molecule has 0 radical (unpaired) electrons. The van der Waals surface area contributed by atoms with Gasteiger partial charge in [-0.3, -0.25) is 4.90 Å². The van der Waals surface area contributed by atoms with Crippen molar-refractivity contribution in [1.82, 2.24) is 24.8 Å². The lowest BCUT2D eigenvalue weighted by molar-refractivity contribution is 0.109. The second kappa shape index (κ2) is 4.31. The molecule has 1 aliphatic heterocycles. The Balaban J connectivity index is 2.27. The molecule has 1 fully saturated rings. The topological polar surface area (TPSA) is 71.2 Å². The number of likely N-dealkylation sites (N-methyl/N-ethyl adjacent to an activating group) is 2. The molecule has 1 atom stereocenters. The van der Waals surface area contributed by atoms with Crippen molar-refractivity contribution in [2.24, 2.45) is 0 Å². The first-order chi connectivity index (χ1) is 7.56. The van der Waals surface area contributed by atoms with Crippen LogP contribution in [-0.4, -0.2) is 58.5 Å². The predicted molar refractivity (Wildman–Crippen MR) is 61.8 cm³/mol. The first kappa shape index (κ1) is 11.2. The van der Waals surface area contributed by atoms with E-state index in [0.29, 0.717) is 11.8 Å². The SMILES string of the molecule is Cc1nc(N)nc(C2CN(C)CCN2C)n1. The highest BCUT2D eigenvalue weighted by atomic mass is 15.3. The minimum absolute atomic E-state index is 0.211. The monoisotopic (exact) mass is 222 g/mol. The van der Waals surface area contributed by atoms with Crippen LogP contribution in [-0.2, 0) is 0 Å². The average Bonchev–Trinajstić information content (AvgIpc) is 2.20. The lowest BCUT2D eigenvalue weighted by atomic mass is 10.2. The van der Waals surface area contributed by atoms with Gasteiger partial charge in [-0.2, -0.15) is 9.97 Å². The number of nitrogens with zero attached hydrogens (tertiary/aromatic N) is 5. The van der Waals surface area contributed by atoms with Crippen molar-refractivity contribution in [3.8, 4) is 0 Å². The van der Waals surface area contributed by atoms with E-state index >= 15 is 0 Å². The number of hydrogen-bond donors (Lipinski definition) is 1. The largest absolute Gasteiger partial charge is 0.368 e. The summed E-state index contributed by atoms with van der Waals surface area (Å²) in [6, 6.07) is 0.211. The molecule has 1 aliphatic rings. The van der Waals surface area contributed by atoms with E-state index in [4.69, 9.17) is 5.73 Å². The molecule has 88 valence electrons. The molecule has 1 saturated heterocycles. The van der Waals surface area contributed by atoms with Gasteiger partial charge in [0.15, 0.2) is 5.82 Å². The van der Waals surface area contributed by atoms with Crippen molar-refractivity contribution in [3.05, 3.63) is 11.6 Å². The highest BCUT2D eigenvalue weighted by Crippen LogP contribution is 2.20. The lowest BCUT2D eigenvalue weighted by Gasteiger charge is -2.36. The number of hydrogen-bond acceptors (Lipinski definition) is 6. The van der Waals surface area contributed by atoms with E-state index in [1.165, 1.54) is 0 Å². The van der Waals surface area contributed by atoms with E-state index in [-0.39, 0.29) is 6.04 Å². The van der Waals surface area contributed by atoms with Gasteiger partial charge in [-0.05, 0) is 21.0 Å². The third kappa shape index (κ3) is 2.28. The fourth-order valence-corrected chi connectivity index (χ4v) is 1.96. The van der Waals surface area contributed by atoms with Gasteiger partial charge in [0.25, 0.3) is 0 Å². The van der Waals surface area contributed by atoms with Crippen molar-refractivity contribution >= 4 is 5.95 Å². The summed E-state index contributed by atoms with van der Waals surface area (Å²) in [5.74, 6) is 1.77. The Kier molecular flexibility index (Phi) is 3.02. The van der Waals surface area contributed by atoms with Crippen LogP contribution in [0.1, 0.15) is 17.7 Å².